The minimum Gasteiger partial charge on any atom is -0.481 e. The van der Waals surface area contributed by atoms with E-state index in [1.165, 1.54) is 0 Å². The lowest BCUT2D eigenvalue weighted by Gasteiger charge is -2.27. The van der Waals surface area contributed by atoms with Gasteiger partial charge in [0.1, 0.15) is 0 Å². The summed E-state index contributed by atoms with van der Waals surface area (Å²) in [5, 5.41) is 9.08. The number of rotatable bonds is 3. The fourth-order valence-corrected chi connectivity index (χ4v) is 3.47. The highest BCUT2D eigenvalue weighted by atomic mass is 19.4. The van der Waals surface area contributed by atoms with Crippen LogP contribution in [-0.2, 0) is 4.79 Å². The molecule has 1 aromatic heterocycles. The zero-order valence-electron chi connectivity index (χ0n) is 14.1. The van der Waals surface area contributed by atoms with Gasteiger partial charge in [0.15, 0.2) is 5.41 Å². The summed E-state index contributed by atoms with van der Waals surface area (Å²) in [6.45, 7) is 6.38. The molecule has 0 spiro atoms. The van der Waals surface area contributed by atoms with Gasteiger partial charge in [0.05, 0.1) is 5.56 Å². The van der Waals surface area contributed by atoms with E-state index in [4.69, 9.17) is 5.11 Å². The molecule has 1 amide bonds. The Balaban J connectivity index is 2.34. The monoisotopic (exact) mass is 346 g/mol. The average Bonchev–Trinajstić information content (AvgIpc) is 3.00. The van der Waals surface area contributed by atoms with Gasteiger partial charge in [-0.25, -0.2) is 0 Å². The summed E-state index contributed by atoms with van der Waals surface area (Å²) in [4.78, 5) is 24.9. The molecule has 0 aromatic carbocycles. The summed E-state index contributed by atoms with van der Waals surface area (Å²) < 4.78 is 41.6. The molecule has 1 N–H and O–H groups in total. The number of hydrogen-bond acceptors (Lipinski definition) is 2. The molecule has 8 heteroatoms. The van der Waals surface area contributed by atoms with Gasteiger partial charge in [0, 0.05) is 30.5 Å². The summed E-state index contributed by atoms with van der Waals surface area (Å²) in [7, 11) is 0. The van der Waals surface area contributed by atoms with Gasteiger partial charge in [-0.1, -0.05) is 0 Å². The topological polar surface area (TPSA) is 62.5 Å². The van der Waals surface area contributed by atoms with E-state index in [2.05, 4.69) is 0 Å². The standard InChI is InChI=1S/C16H21F3N2O3/c1-9(2)21-10(3)7-12(11(21)4)13(22)20-6-5-15(8-20,14(23)24)16(17,18)19/h7,9H,5-6,8H2,1-4H3,(H,23,24). The van der Waals surface area contributed by atoms with Crippen molar-refractivity contribution in [2.75, 3.05) is 13.1 Å². The van der Waals surface area contributed by atoms with Crippen LogP contribution in [0.3, 0.4) is 0 Å². The van der Waals surface area contributed by atoms with Gasteiger partial charge in [-0.05, 0) is 40.2 Å². The Kier molecular flexibility index (Phi) is 4.45. The molecule has 1 saturated heterocycles. The number of likely N-dealkylation sites (tertiary alicyclic amines) is 1. The fraction of sp³-hybridized carbons (Fsp3) is 0.625. The smallest absolute Gasteiger partial charge is 0.406 e. The molecule has 1 unspecified atom stereocenters. The summed E-state index contributed by atoms with van der Waals surface area (Å²) in [6, 6.07) is 1.75. The quantitative estimate of drug-likeness (QED) is 0.914. The lowest BCUT2D eigenvalue weighted by atomic mass is 9.86. The second-order valence-corrected chi connectivity index (χ2v) is 6.61. The maximum Gasteiger partial charge on any atom is 0.406 e. The Morgan fingerprint density at radius 1 is 1.29 bits per heavy atom. The first-order valence-corrected chi connectivity index (χ1v) is 7.70. The van der Waals surface area contributed by atoms with E-state index in [0.717, 1.165) is 10.6 Å². The van der Waals surface area contributed by atoms with Gasteiger partial charge < -0.3 is 14.6 Å². The number of aliphatic carboxylic acids is 1. The van der Waals surface area contributed by atoms with Crippen LogP contribution in [0.5, 0.6) is 0 Å². The first-order valence-electron chi connectivity index (χ1n) is 7.70. The van der Waals surface area contributed by atoms with E-state index in [0.29, 0.717) is 11.3 Å². The van der Waals surface area contributed by atoms with Gasteiger partial charge in [-0.3, -0.25) is 9.59 Å². The molecule has 1 atom stereocenters. The zero-order chi connectivity index (χ0) is 18.4. The molecular weight excluding hydrogens is 325 g/mol. The Morgan fingerprint density at radius 3 is 2.25 bits per heavy atom. The van der Waals surface area contributed by atoms with Gasteiger partial charge in [-0.2, -0.15) is 13.2 Å². The minimum atomic E-state index is -4.90. The van der Waals surface area contributed by atoms with Crippen molar-refractivity contribution in [3.63, 3.8) is 0 Å². The molecule has 2 rings (SSSR count). The van der Waals surface area contributed by atoms with Crippen LogP contribution in [-0.4, -0.2) is 45.7 Å². The van der Waals surface area contributed by atoms with Crippen LogP contribution in [0.25, 0.3) is 0 Å². The highest BCUT2D eigenvalue weighted by molar-refractivity contribution is 5.96. The van der Waals surface area contributed by atoms with Crippen LogP contribution >= 0.6 is 0 Å². The number of hydrogen-bond donors (Lipinski definition) is 1. The highest BCUT2D eigenvalue weighted by Gasteiger charge is 2.64. The average molecular weight is 346 g/mol. The third kappa shape index (κ3) is 2.67. The van der Waals surface area contributed by atoms with Crippen molar-refractivity contribution in [3.05, 3.63) is 23.0 Å². The summed E-state index contributed by atoms with van der Waals surface area (Å²) in [5.74, 6) is -2.49. The molecule has 5 nitrogen and oxygen atoms in total. The molecule has 24 heavy (non-hydrogen) atoms. The minimum absolute atomic E-state index is 0.110. The zero-order valence-corrected chi connectivity index (χ0v) is 14.1. The predicted molar refractivity (Wildman–Crippen MR) is 80.9 cm³/mol. The number of carbonyl (C=O) groups is 2. The third-order valence-corrected chi connectivity index (χ3v) is 4.74. The Labute approximate surface area is 138 Å². The van der Waals surface area contributed by atoms with Crippen molar-refractivity contribution in [2.24, 2.45) is 5.41 Å². The fourth-order valence-electron chi connectivity index (χ4n) is 3.47. The van der Waals surface area contributed by atoms with E-state index < -0.39 is 36.4 Å². The van der Waals surface area contributed by atoms with E-state index in [9.17, 15) is 22.8 Å². The predicted octanol–water partition coefficient (Wildman–Crippen LogP) is 3.17. The molecule has 0 bridgehead atoms. The molecule has 1 fully saturated rings. The summed E-state index contributed by atoms with van der Waals surface area (Å²) in [5.41, 5.74) is -1.05. The van der Waals surface area contributed by atoms with Crippen molar-refractivity contribution in [3.8, 4) is 0 Å². The van der Waals surface area contributed by atoms with Crippen LogP contribution < -0.4 is 0 Å². The van der Waals surface area contributed by atoms with Gasteiger partial charge in [0.25, 0.3) is 5.91 Å². The Morgan fingerprint density at radius 2 is 1.88 bits per heavy atom. The van der Waals surface area contributed by atoms with Gasteiger partial charge in [0.2, 0.25) is 0 Å². The SMILES string of the molecule is Cc1cc(C(=O)N2CCC(C(=O)O)(C(F)(F)F)C2)c(C)n1C(C)C. The van der Waals surface area contributed by atoms with Crippen LogP contribution in [0, 0.1) is 19.3 Å². The van der Waals surface area contributed by atoms with Gasteiger partial charge in [-0.15, -0.1) is 0 Å². The molecule has 1 aromatic rings. The van der Waals surface area contributed by atoms with E-state index in [1.54, 1.807) is 13.0 Å². The van der Waals surface area contributed by atoms with Gasteiger partial charge >= 0.3 is 12.1 Å². The highest BCUT2D eigenvalue weighted by Crippen LogP contribution is 2.46. The van der Waals surface area contributed by atoms with E-state index in [1.807, 2.05) is 25.3 Å². The largest absolute Gasteiger partial charge is 0.481 e. The second-order valence-electron chi connectivity index (χ2n) is 6.61. The van der Waals surface area contributed by atoms with Crippen molar-refractivity contribution in [1.82, 2.24) is 9.47 Å². The molecule has 2 heterocycles. The molecule has 1 aliphatic heterocycles. The molecule has 0 radical (unpaired) electrons. The van der Waals surface area contributed by atoms with Crippen molar-refractivity contribution < 1.29 is 27.9 Å². The van der Waals surface area contributed by atoms with E-state index >= 15 is 0 Å². The third-order valence-electron chi connectivity index (χ3n) is 4.74. The molecule has 0 aliphatic carbocycles. The number of aryl methyl sites for hydroxylation is 1. The van der Waals surface area contributed by atoms with E-state index in [-0.39, 0.29) is 12.6 Å². The van der Waals surface area contributed by atoms with Crippen LogP contribution in [0.4, 0.5) is 13.2 Å². The summed E-state index contributed by atoms with van der Waals surface area (Å²) >= 11 is 0. The molecule has 1 aliphatic rings. The number of carboxylic acid groups (broad SMARTS) is 1. The number of carboxylic acids is 1. The number of halogens is 3. The lowest BCUT2D eigenvalue weighted by Crippen LogP contribution is -2.47. The second kappa shape index (κ2) is 5.82. The number of alkyl halides is 3. The summed E-state index contributed by atoms with van der Waals surface area (Å²) in [6.07, 6.45) is -5.52. The van der Waals surface area contributed by atoms with Crippen molar-refractivity contribution in [1.29, 1.82) is 0 Å². The molecule has 134 valence electrons. The lowest BCUT2D eigenvalue weighted by molar-refractivity contribution is -0.227. The van der Waals surface area contributed by atoms with Crippen LogP contribution in [0.1, 0.15) is 48.1 Å². The van der Waals surface area contributed by atoms with Crippen molar-refractivity contribution >= 4 is 11.9 Å². The maximum atomic E-state index is 13.2. The number of aromatic nitrogens is 1. The van der Waals surface area contributed by atoms with Crippen LogP contribution in [0.15, 0.2) is 6.07 Å². The van der Waals surface area contributed by atoms with Crippen molar-refractivity contribution in [2.45, 2.75) is 46.3 Å². The Hall–Kier alpha value is -1.99. The first-order chi connectivity index (χ1) is 10.9. The first kappa shape index (κ1) is 18.4. The molecular formula is C16H21F3N2O3. The normalized spacial score (nSPS) is 21.6. The molecule has 0 saturated carbocycles. The maximum absolute atomic E-state index is 13.2. The number of carbonyl (C=O) groups excluding carboxylic acids is 1. The van der Waals surface area contributed by atoms with Crippen LogP contribution in [0.2, 0.25) is 0 Å². The number of nitrogens with zero attached hydrogens (tertiary/aromatic N) is 2. The Bertz CT molecular complexity index is 679. The number of amides is 1.